The fourth-order valence-corrected chi connectivity index (χ4v) is 1.40. The zero-order chi connectivity index (χ0) is 12.3. The largest absolute Gasteiger partial charge is 0.358 e. The third kappa shape index (κ3) is 2.82. The molecule has 0 aromatic carbocycles. The summed E-state index contributed by atoms with van der Waals surface area (Å²) in [6, 6.07) is 2.75. The third-order valence-corrected chi connectivity index (χ3v) is 2.38. The maximum atomic E-state index is 11.6. The summed E-state index contributed by atoms with van der Waals surface area (Å²) in [5.74, 6) is -0.418. The normalized spacial score (nSPS) is 12.2. The molecule has 1 heterocycles. The highest BCUT2D eigenvalue weighted by Crippen LogP contribution is 2.14. The molecule has 1 unspecified atom stereocenters. The summed E-state index contributed by atoms with van der Waals surface area (Å²) >= 11 is 3.29. The molecule has 7 heteroatoms. The number of rotatable bonds is 4. The minimum absolute atomic E-state index is 0.1000. The van der Waals surface area contributed by atoms with Crippen LogP contribution in [0.25, 0.3) is 0 Å². The van der Waals surface area contributed by atoms with E-state index in [0.717, 1.165) is 0 Å². The highest BCUT2D eigenvalue weighted by atomic mass is 79.9. The van der Waals surface area contributed by atoms with E-state index in [9.17, 15) is 14.9 Å². The van der Waals surface area contributed by atoms with Crippen LogP contribution in [0, 0.1) is 10.1 Å². The first kappa shape index (κ1) is 12.7. The molecule has 1 aromatic rings. The first-order chi connectivity index (χ1) is 7.43. The Bertz CT molecular complexity index is 414. The molecule has 0 radical (unpaired) electrons. The van der Waals surface area contributed by atoms with Crippen LogP contribution >= 0.6 is 15.9 Å². The van der Waals surface area contributed by atoms with Gasteiger partial charge in [-0.05, 0) is 11.0 Å². The number of hydrogen-bond donors (Lipinski definition) is 1. The molecule has 6 nitrogen and oxygen atoms in total. The number of halogens is 1. The van der Waals surface area contributed by atoms with E-state index < -0.39 is 4.92 Å². The molecule has 0 bridgehead atoms. The molecule has 0 fully saturated rings. The van der Waals surface area contributed by atoms with Crippen molar-refractivity contribution in [2.75, 3.05) is 6.54 Å². The third-order valence-electron chi connectivity index (χ3n) is 2.06. The van der Waals surface area contributed by atoms with Crippen molar-refractivity contribution in [3.05, 3.63) is 27.9 Å². The fraction of sp³-hybridized carbons (Fsp3) is 0.444. The summed E-state index contributed by atoms with van der Waals surface area (Å²) in [5, 5.41) is 13.2. The van der Waals surface area contributed by atoms with Crippen LogP contribution in [0.15, 0.2) is 12.1 Å². The van der Waals surface area contributed by atoms with E-state index in [0.29, 0.717) is 6.54 Å². The number of carbonyl (C=O) groups excluding carboxylic acids is 1. The lowest BCUT2D eigenvalue weighted by molar-refractivity contribution is -0.391. The molecule has 0 spiro atoms. The van der Waals surface area contributed by atoms with Crippen molar-refractivity contribution in [3.8, 4) is 0 Å². The Balaban J connectivity index is 2.81. The second kappa shape index (κ2) is 5.11. The molecular formula is C9H12BrN3O3. The molecular weight excluding hydrogens is 278 g/mol. The van der Waals surface area contributed by atoms with Crippen LogP contribution < -0.4 is 5.32 Å². The molecule has 0 aliphatic heterocycles. The van der Waals surface area contributed by atoms with E-state index >= 15 is 0 Å². The van der Waals surface area contributed by atoms with Crippen molar-refractivity contribution < 1.29 is 9.72 Å². The van der Waals surface area contributed by atoms with Gasteiger partial charge in [-0.2, -0.15) is 0 Å². The van der Waals surface area contributed by atoms with Crippen LogP contribution in [0.4, 0.5) is 5.82 Å². The molecule has 1 N–H and O–H groups in total. The van der Waals surface area contributed by atoms with Crippen LogP contribution in [0.2, 0.25) is 0 Å². The second-order valence-corrected chi connectivity index (χ2v) is 4.95. The van der Waals surface area contributed by atoms with Gasteiger partial charge in [0.2, 0.25) is 0 Å². The van der Waals surface area contributed by atoms with Gasteiger partial charge in [-0.1, -0.05) is 22.9 Å². The highest BCUT2D eigenvalue weighted by Gasteiger charge is 2.20. The number of amides is 1. The molecule has 0 saturated carbocycles. The van der Waals surface area contributed by atoms with E-state index in [1.54, 1.807) is 0 Å². The Morgan fingerprint density at radius 1 is 1.69 bits per heavy atom. The Hall–Kier alpha value is -1.37. The maximum Gasteiger partial charge on any atom is 0.323 e. The van der Waals surface area contributed by atoms with E-state index in [4.69, 9.17) is 0 Å². The number of hydrogen-bond acceptors (Lipinski definition) is 3. The van der Waals surface area contributed by atoms with Crippen molar-refractivity contribution in [2.24, 2.45) is 7.05 Å². The average Bonchev–Trinajstić information content (AvgIpc) is 2.56. The molecule has 1 aromatic heterocycles. The fourth-order valence-electron chi connectivity index (χ4n) is 1.24. The maximum absolute atomic E-state index is 11.6. The van der Waals surface area contributed by atoms with Gasteiger partial charge in [-0.25, -0.2) is 4.57 Å². The minimum Gasteiger partial charge on any atom is -0.358 e. The second-order valence-electron chi connectivity index (χ2n) is 3.38. The van der Waals surface area contributed by atoms with Crippen molar-refractivity contribution in [1.29, 1.82) is 0 Å². The van der Waals surface area contributed by atoms with Gasteiger partial charge in [0, 0.05) is 17.4 Å². The number of alkyl halides is 1. The quantitative estimate of drug-likeness (QED) is 0.518. The Labute approximate surface area is 101 Å². The molecule has 1 amide bonds. The van der Waals surface area contributed by atoms with Crippen LogP contribution in [-0.4, -0.2) is 26.8 Å². The van der Waals surface area contributed by atoms with Crippen molar-refractivity contribution in [2.45, 2.75) is 11.8 Å². The lowest BCUT2D eigenvalue weighted by Crippen LogP contribution is -2.29. The molecule has 0 aliphatic carbocycles. The summed E-state index contributed by atoms with van der Waals surface area (Å²) in [6.07, 6.45) is 0. The first-order valence-electron chi connectivity index (χ1n) is 4.66. The lowest BCUT2D eigenvalue weighted by atomic mass is 10.4. The topological polar surface area (TPSA) is 77.2 Å². The lowest BCUT2D eigenvalue weighted by Gasteiger charge is -2.05. The van der Waals surface area contributed by atoms with Gasteiger partial charge in [-0.3, -0.25) is 4.79 Å². The zero-order valence-corrected chi connectivity index (χ0v) is 10.5. The van der Waals surface area contributed by atoms with E-state index in [1.165, 1.54) is 23.7 Å². The van der Waals surface area contributed by atoms with Crippen LogP contribution in [0.3, 0.4) is 0 Å². The molecule has 0 aliphatic rings. The molecule has 0 saturated heterocycles. The van der Waals surface area contributed by atoms with Gasteiger partial charge >= 0.3 is 5.82 Å². The average molecular weight is 290 g/mol. The van der Waals surface area contributed by atoms with Gasteiger partial charge < -0.3 is 15.4 Å². The van der Waals surface area contributed by atoms with Gasteiger partial charge in [0.15, 0.2) is 5.69 Å². The summed E-state index contributed by atoms with van der Waals surface area (Å²) < 4.78 is 1.26. The smallest absolute Gasteiger partial charge is 0.323 e. The van der Waals surface area contributed by atoms with Crippen LogP contribution in [-0.2, 0) is 7.05 Å². The molecule has 1 rings (SSSR count). The Kier molecular flexibility index (Phi) is 4.05. The summed E-state index contributed by atoms with van der Waals surface area (Å²) in [5.41, 5.74) is 0.278. The Morgan fingerprint density at radius 3 is 2.75 bits per heavy atom. The standard InChI is InChI=1S/C9H12BrN3O3/c1-6(10)5-11-9(14)7-3-4-8(12(7)2)13(15)16/h3-4,6H,5H2,1-2H3,(H,11,14). The van der Waals surface area contributed by atoms with Crippen molar-refractivity contribution in [1.82, 2.24) is 9.88 Å². The predicted molar refractivity (Wildman–Crippen MR) is 62.8 cm³/mol. The Morgan fingerprint density at radius 2 is 2.31 bits per heavy atom. The summed E-state index contributed by atoms with van der Waals surface area (Å²) in [6.45, 7) is 2.37. The number of nitrogens with zero attached hydrogens (tertiary/aromatic N) is 2. The molecule has 16 heavy (non-hydrogen) atoms. The zero-order valence-electron chi connectivity index (χ0n) is 8.94. The first-order valence-corrected chi connectivity index (χ1v) is 5.57. The highest BCUT2D eigenvalue weighted by molar-refractivity contribution is 9.09. The number of nitro groups is 1. The van der Waals surface area contributed by atoms with Crippen LogP contribution in [0.5, 0.6) is 0 Å². The van der Waals surface area contributed by atoms with E-state index in [-0.39, 0.29) is 22.2 Å². The SMILES string of the molecule is CC(Br)CNC(=O)c1ccc([N+](=O)[O-])n1C. The minimum atomic E-state index is -0.524. The number of nitrogens with one attached hydrogen (secondary N) is 1. The molecule has 88 valence electrons. The van der Waals surface area contributed by atoms with Crippen LogP contribution in [0.1, 0.15) is 17.4 Å². The van der Waals surface area contributed by atoms with Gasteiger partial charge in [0.05, 0.1) is 7.05 Å². The van der Waals surface area contributed by atoms with E-state index in [1.807, 2.05) is 6.92 Å². The van der Waals surface area contributed by atoms with E-state index in [2.05, 4.69) is 21.2 Å². The monoisotopic (exact) mass is 289 g/mol. The summed E-state index contributed by atoms with van der Waals surface area (Å²) in [7, 11) is 1.49. The van der Waals surface area contributed by atoms with Crippen molar-refractivity contribution >= 4 is 27.7 Å². The van der Waals surface area contributed by atoms with Gasteiger partial charge in [0.25, 0.3) is 5.91 Å². The van der Waals surface area contributed by atoms with Crippen molar-refractivity contribution in [3.63, 3.8) is 0 Å². The number of aromatic nitrogens is 1. The number of carbonyl (C=O) groups is 1. The van der Waals surface area contributed by atoms with Gasteiger partial charge in [-0.15, -0.1) is 0 Å². The van der Waals surface area contributed by atoms with Gasteiger partial charge in [0.1, 0.15) is 0 Å². The molecule has 1 atom stereocenters. The summed E-state index contributed by atoms with van der Waals surface area (Å²) in [4.78, 5) is 21.8. The predicted octanol–water partition coefficient (Wildman–Crippen LogP) is 1.45.